The highest BCUT2D eigenvalue weighted by Crippen LogP contribution is 2.35. The lowest BCUT2D eigenvalue weighted by Crippen LogP contribution is -2.36. The van der Waals surface area contributed by atoms with Crippen molar-refractivity contribution in [3.63, 3.8) is 0 Å². The molecule has 0 amide bonds. The van der Waals surface area contributed by atoms with Crippen LogP contribution in [0.3, 0.4) is 0 Å². The van der Waals surface area contributed by atoms with E-state index in [2.05, 4.69) is 34.6 Å². The maximum Gasteiger partial charge on any atom is 0.306 e. The number of aliphatic carboxylic acids is 1. The Labute approximate surface area is 148 Å². The molecule has 0 bridgehead atoms. The summed E-state index contributed by atoms with van der Waals surface area (Å²) in [5.74, 6) is -1.22. The van der Waals surface area contributed by atoms with Gasteiger partial charge in [0, 0.05) is 36.9 Å². The minimum absolute atomic E-state index is 0.386. The minimum Gasteiger partial charge on any atom is -0.481 e. The summed E-state index contributed by atoms with van der Waals surface area (Å²) in [6.45, 7) is 5.62. The second kappa shape index (κ2) is 7.45. The molecule has 2 heterocycles. The second-order valence-corrected chi connectivity index (χ2v) is 6.71. The van der Waals surface area contributed by atoms with Crippen LogP contribution in [0.15, 0.2) is 18.2 Å². The number of carboxylic acid groups (broad SMARTS) is 1. The Kier molecular flexibility index (Phi) is 5.30. The maximum atomic E-state index is 11.6. The van der Waals surface area contributed by atoms with Gasteiger partial charge in [0.15, 0.2) is 0 Å². The molecule has 6 heteroatoms. The van der Waals surface area contributed by atoms with Gasteiger partial charge in [0.2, 0.25) is 0 Å². The van der Waals surface area contributed by atoms with Gasteiger partial charge in [-0.1, -0.05) is 6.07 Å². The number of carbonyl (C=O) groups is 1. The summed E-state index contributed by atoms with van der Waals surface area (Å²) >= 11 is 0. The maximum absolute atomic E-state index is 11.6. The third-order valence-electron chi connectivity index (χ3n) is 5.29. The summed E-state index contributed by atoms with van der Waals surface area (Å²) in [6, 6.07) is 6.31. The average Bonchev–Trinajstić information content (AvgIpc) is 2.87. The Bertz CT molecular complexity index is 763. The van der Waals surface area contributed by atoms with Gasteiger partial charge < -0.3 is 25.0 Å². The predicted octanol–water partition coefficient (Wildman–Crippen LogP) is 1.92. The van der Waals surface area contributed by atoms with E-state index in [1.165, 1.54) is 11.1 Å². The number of carboxylic acids is 1. The molecule has 0 aliphatic carbocycles. The van der Waals surface area contributed by atoms with Crippen molar-refractivity contribution in [3.05, 3.63) is 29.5 Å². The largest absolute Gasteiger partial charge is 0.481 e. The Morgan fingerprint density at radius 1 is 1.36 bits per heavy atom. The van der Waals surface area contributed by atoms with Gasteiger partial charge in [0.05, 0.1) is 24.6 Å². The van der Waals surface area contributed by atoms with E-state index < -0.39 is 11.9 Å². The Hall–Kier alpha value is -2.05. The molecule has 1 atom stereocenters. The number of anilines is 1. The van der Waals surface area contributed by atoms with Crippen LogP contribution < -0.4 is 10.6 Å². The lowest BCUT2D eigenvalue weighted by atomic mass is 9.93. The number of ether oxygens (including phenoxy) is 1. The van der Waals surface area contributed by atoms with Crippen LogP contribution in [0.1, 0.15) is 17.7 Å². The van der Waals surface area contributed by atoms with Gasteiger partial charge in [-0.3, -0.25) is 4.79 Å². The highest BCUT2D eigenvalue weighted by Gasteiger charge is 2.24. The zero-order valence-corrected chi connectivity index (χ0v) is 15.0. The van der Waals surface area contributed by atoms with Crippen LogP contribution in [-0.4, -0.2) is 48.5 Å². The van der Waals surface area contributed by atoms with Crippen LogP contribution in [0.4, 0.5) is 5.69 Å². The summed E-state index contributed by atoms with van der Waals surface area (Å²) < 4.78 is 7.64. The minimum atomic E-state index is -0.772. The molecule has 2 aromatic rings. The van der Waals surface area contributed by atoms with Crippen LogP contribution in [0.25, 0.3) is 10.9 Å². The molecule has 1 saturated heterocycles. The van der Waals surface area contributed by atoms with Crippen molar-refractivity contribution >= 4 is 22.6 Å². The van der Waals surface area contributed by atoms with Gasteiger partial charge in [0.1, 0.15) is 0 Å². The molecule has 1 aliphatic heterocycles. The summed E-state index contributed by atoms with van der Waals surface area (Å²) in [7, 11) is 2.04. The van der Waals surface area contributed by atoms with Crippen molar-refractivity contribution in [2.24, 2.45) is 18.7 Å². The van der Waals surface area contributed by atoms with E-state index in [1.54, 1.807) is 0 Å². The van der Waals surface area contributed by atoms with Crippen LogP contribution >= 0.6 is 0 Å². The van der Waals surface area contributed by atoms with Crippen molar-refractivity contribution in [2.45, 2.75) is 19.8 Å². The molecule has 0 spiro atoms. The summed E-state index contributed by atoms with van der Waals surface area (Å²) in [6.07, 6.45) is 1.00. The molecule has 6 nitrogen and oxygen atoms in total. The first-order valence-corrected chi connectivity index (χ1v) is 8.87. The zero-order chi connectivity index (χ0) is 18.0. The smallest absolute Gasteiger partial charge is 0.306 e. The van der Waals surface area contributed by atoms with Crippen LogP contribution in [-0.2, 0) is 23.0 Å². The molecule has 1 aromatic carbocycles. The molecule has 1 aromatic heterocycles. The normalized spacial score (nSPS) is 16.4. The number of rotatable bonds is 6. The van der Waals surface area contributed by atoms with Gasteiger partial charge in [-0.25, -0.2) is 0 Å². The lowest BCUT2D eigenvalue weighted by Gasteiger charge is -2.30. The third kappa shape index (κ3) is 3.37. The fourth-order valence-corrected chi connectivity index (χ4v) is 3.76. The number of benzene rings is 1. The molecule has 0 saturated carbocycles. The van der Waals surface area contributed by atoms with E-state index in [1.807, 2.05) is 7.05 Å². The monoisotopic (exact) mass is 345 g/mol. The number of fused-ring (bicyclic) bond motifs is 1. The standard InChI is InChI=1S/C19H27N3O3/c1-13-15(12-14(6-7-20)19(23)24)18-16(21(13)2)4-3-5-17(18)22-8-10-25-11-9-22/h3-5,14H,6-12,20H2,1-2H3,(H,23,24). The van der Waals surface area contributed by atoms with Crippen LogP contribution in [0.2, 0.25) is 0 Å². The second-order valence-electron chi connectivity index (χ2n) is 6.71. The van der Waals surface area contributed by atoms with Crippen molar-refractivity contribution in [1.82, 2.24) is 4.57 Å². The molecule has 25 heavy (non-hydrogen) atoms. The van der Waals surface area contributed by atoms with E-state index in [9.17, 15) is 9.90 Å². The fourth-order valence-electron chi connectivity index (χ4n) is 3.76. The number of aryl methyl sites for hydroxylation is 1. The summed E-state index contributed by atoms with van der Waals surface area (Å²) in [5.41, 5.74) is 10.2. The topological polar surface area (TPSA) is 80.7 Å². The van der Waals surface area contributed by atoms with Crippen molar-refractivity contribution in [1.29, 1.82) is 0 Å². The van der Waals surface area contributed by atoms with Crippen molar-refractivity contribution in [2.75, 3.05) is 37.7 Å². The van der Waals surface area contributed by atoms with Gasteiger partial charge in [-0.2, -0.15) is 0 Å². The molecule has 1 aliphatic rings. The lowest BCUT2D eigenvalue weighted by molar-refractivity contribution is -0.141. The van der Waals surface area contributed by atoms with E-state index in [0.717, 1.165) is 43.1 Å². The van der Waals surface area contributed by atoms with E-state index in [4.69, 9.17) is 10.5 Å². The molecule has 1 fully saturated rings. The number of hydrogen-bond donors (Lipinski definition) is 2. The van der Waals surface area contributed by atoms with Gasteiger partial charge in [0.25, 0.3) is 0 Å². The van der Waals surface area contributed by atoms with Crippen molar-refractivity contribution < 1.29 is 14.6 Å². The van der Waals surface area contributed by atoms with Crippen LogP contribution in [0, 0.1) is 12.8 Å². The third-order valence-corrected chi connectivity index (χ3v) is 5.29. The Balaban J connectivity index is 2.10. The first-order valence-electron chi connectivity index (χ1n) is 8.87. The quantitative estimate of drug-likeness (QED) is 0.836. The van der Waals surface area contributed by atoms with E-state index in [-0.39, 0.29) is 0 Å². The van der Waals surface area contributed by atoms with E-state index >= 15 is 0 Å². The first-order chi connectivity index (χ1) is 12.0. The molecule has 3 N–H and O–H groups in total. The highest BCUT2D eigenvalue weighted by molar-refractivity contribution is 5.97. The molecular formula is C19H27N3O3. The predicted molar refractivity (Wildman–Crippen MR) is 99.2 cm³/mol. The summed E-state index contributed by atoms with van der Waals surface area (Å²) in [4.78, 5) is 14.0. The number of nitrogens with two attached hydrogens (primary N) is 1. The Morgan fingerprint density at radius 2 is 2.08 bits per heavy atom. The SMILES string of the molecule is Cc1c(CC(CCN)C(=O)O)c2c(N3CCOCC3)cccc2n1C. The van der Waals surface area contributed by atoms with Gasteiger partial charge in [-0.05, 0) is 44.0 Å². The Morgan fingerprint density at radius 3 is 2.72 bits per heavy atom. The van der Waals surface area contributed by atoms with Gasteiger partial charge >= 0.3 is 5.97 Å². The van der Waals surface area contributed by atoms with E-state index in [0.29, 0.717) is 19.4 Å². The average molecular weight is 345 g/mol. The number of nitrogens with zero attached hydrogens (tertiary/aromatic N) is 2. The molecule has 3 rings (SSSR count). The highest BCUT2D eigenvalue weighted by atomic mass is 16.5. The number of morpholine rings is 1. The summed E-state index contributed by atoms with van der Waals surface area (Å²) in [5, 5.41) is 10.7. The zero-order valence-electron chi connectivity index (χ0n) is 15.0. The molecule has 0 radical (unpaired) electrons. The van der Waals surface area contributed by atoms with Crippen LogP contribution in [0.5, 0.6) is 0 Å². The first kappa shape index (κ1) is 17.8. The molecule has 136 valence electrons. The molecular weight excluding hydrogens is 318 g/mol. The van der Waals surface area contributed by atoms with Gasteiger partial charge in [-0.15, -0.1) is 0 Å². The van der Waals surface area contributed by atoms with Crippen molar-refractivity contribution in [3.8, 4) is 0 Å². The number of hydrogen-bond acceptors (Lipinski definition) is 4. The fraction of sp³-hybridized carbons (Fsp3) is 0.526. The molecule has 1 unspecified atom stereocenters. The number of aromatic nitrogens is 1.